The number of hydrogen-bond donors (Lipinski definition) is 0. The van der Waals surface area contributed by atoms with Crippen LogP contribution in [0.3, 0.4) is 0 Å². The Morgan fingerprint density at radius 1 is 0.296 bits per heavy atom. The summed E-state index contributed by atoms with van der Waals surface area (Å²) in [6, 6.07) is 69.6. The minimum absolute atomic E-state index is 0.0809. The smallest absolute Gasteiger partial charge is 0.447 e. The van der Waals surface area contributed by atoms with Gasteiger partial charge in [0.05, 0.1) is 75.8 Å². The number of nitrogens with zero attached hydrogens (tertiary/aromatic N) is 12. The predicted octanol–water partition coefficient (Wildman–Crippen LogP) is 17.0. The van der Waals surface area contributed by atoms with Gasteiger partial charge in [-0.25, -0.2) is 38.2 Å². The topological polar surface area (TPSA) is 133 Å². The molecule has 562 valence electrons. The number of aryl methyl sites for hydroxylation is 7. The van der Waals surface area contributed by atoms with Gasteiger partial charge in [-0.3, -0.25) is 19.2 Å². The Hall–Kier alpha value is -13.3. The summed E-state index contributed by atoms with van der Waals surface area (Å²) in [6.07, 6.45) is 24.5. The molecular weight excluding hydrogens is 1420 g/mol. The number of hydrogen-bond acceptors (Lipinski definition) is 12. The van der Waals surface area contributed by atoms with E-state index in [0.29, 0.717) is 22.9 Å². The lowest BCUT2D eigenvalue weighted by Crippen LogP contribution is -2.52. The van der Waals surface area contributed by atoms with E-state index in [0.717, 1.165) is 90.4 Å². The quantitative estimate of drug-likeness (QED) is 0.106. The molecule has 0 radical (unpaired) electrons. The predicted molar refractivity (Wildman–Crippen MR) is 472 cm³/mol. The molecule has 0 N–H and O–H groups in total. The van der Waals surface area contributed by atoms with Crippen LogP contribution in [0, 0.1) is 20.8 Å². The second kappa shape index (κ2) is 30.6. The molecule has 4 aliphatic rings. The Morgan fingerprint density at radius 2 is 0.635 bits per heavy atom. The van der Waals surface area contributed by atoms with E-state index < -0.39 is 0 Å². The Labute approximate surface area is 673 Å². The van der Waals surface area contributed by atoms with Crippen LogP contribution >= 0.6 is 0 Å². The second-order valence-electron chi connectivity index (χ2n) is 30.6. The molecule has 0 atom stereocenters. The zero-order valence-electron chi connectivity index (χ0n) is 67.8. The minimum atomic E-state index is 0.0809. The third kappa shape index (κ3) is 13.7. The summed E-state index contributed by atoms with van der Waals surface area (Å²) in [5.74, 6) is 7.34. The maximum atomic E-state index is 6.16. The van der Waals surface area contributed by atoms with Gasteiger partial charge in [0.1, 0.15) is 22.9 Å². The molecule has 0 amide bonds. The maximum absolute atomic E-state index is 6.16. The number of furan rings is 4. The van der Waals surface area contributed by atoms with Gasteiger partial charge in [0.2, 0.25) is 22.9 Å². The van der Waals surface area contributed by atoms with Crippen molar-refractivity contribution < 1.29 is 35.9 Å². The van der Waals surface area contributed by atoms with Crippen molar-refractivity contribution >= 4 is 141 Å². The van der Waals surface area contributed by atoms with E-state index in [1.165, 1.54) is 83.3 Å². The van der Waals surface area contributed by atoms with E-state index in [9.17, 15) is 0 Å². The van der Waals surface area contributed by atoms with E-state index in [-0.39, 0.29) is 27.4 Å². The molecule has 20 rings (SSSR count). The standard InChI is InChI=1S/3C24H23BN3O.C23H21BN3O/c1-16-15-27(4)22(14-20(16)18-9-6-5-7-10-18)28-17(2)13-21-23(25(28)3)19-11-8-12-26-24(19)29-21;1-16-13-22(27(4)15-20(16)18-9-6-5-7-10-18)28-17(2)14-21-23(25(28)3)19-11-8-12-26-24(19)29-21;1-16-13-22(27(4)15-21(16)18-9-6-5-7-10-18)28-17(2)14-20-19-11-8-12-26-24(19)29-23(20)25(28)3;1-16-14-20-22(19-10-7-12-25-23(19)28-20)24(2)27(16)21-15-18(11-13-26(21)3)17-8-5-4-6-9-17/h3*5-15H,1-4H3;4-15H,1-3H3/q4*+1. The summed E-state index contributed by atoms with van der Waals surface area (Å²) in [6.45, 7) is 24.5. The third-order valence-electron chi connectivity index (χ3n) is 23.0. The van der Waals surface area contributed by atoms with Crippen LogP contribution in [-0.4, -0.2) is 47.3 Å². The molecule has 20 heteroatoms. The molecule has 0 fully saturated rings. The molecule has 16 aromatic rings. The number of rotatable bonds is 8. The number of fused-ring (bicyclic) bond motifs is 12. The Morgan fingerprint density at radius 3 is 1.05 bits per heavy atom. The Kier molecular flexibility index (Phi) is 19.8. The molecule has 12 aromatic heterocycles. The van der Waals surface area contributed by atoms with Gasteiger partial charge in [-0.05, 0) is 187 Å². The van der Waals surface area contributed by atoms with Gasteiger partial charge >= 0.3 is 27.4 Å². The van der Waals surface area contributed by atoms with E-state index >= 15 is 0 Å². The molecule has 4 aromatic carbocycles. The van der Waals surface area contributed by atoms with Gasteiger partial charge in [-0.15, -0.1) is 0 Å². The summed E-state index contributed by atoms with van der Waals surface area (Å²) < 4.78 is 33.0. The second-order valence-corrected chi connectivity index (χ2v) is 30.6. The van der Waals surface area contributed by atoms with Crippen molar-refractivity contribution in [3.05, 3.63) is 312 Å². The van der Waals surface area contributed by atoms with E-state index in [2.05, 4.69) is 380 Å². The first-order valence-corrected chi connectivity index (χ1v) is 39.4. The van der Waals surface area contributed by atoms with Crippen molar-refractivity contribution in [3.8, 4) is 44.5 Å². The van der Waals surface area contributed by atoms with E-state index in [4.69, 9.17) is 17.7 Å². The fourth-order valence-corrected chi connectivity index (χ4v) is 17.6. The van der Waals surface area contributed by atoms with Crippen LogP contribution in [-0.2, 0) is 28.2 Å². The zero-order valence-corrected chi connectivity index (χ0v) is 67.8. The lowest BCUT2D eigenvalue weighted by atomic mass is 9.54. The Balaban J connectivity index is 0.000000111. The van der Waals surface area contributed by atoms with Crippen molar-refractivity contribution in [2.24, 2.45) is 28.2 Å². The molecule has 0 aliphatic carbocycles. The molecular formula is C95H90B4N12O4+4. The molecule has 0 saturated carbocycles. The van der Waals surface area contributed by atoms with Gasteiger partial charge in [0.15, 0.2) is 0 Å². The average molecular weight is 1510 g/mol. The maximum Gasteiger partial charge on any atom is 0.447 e. The fourth-order valence-electron chi connectivity index (χ4n) is 17.6. The van der Waals surface area contributed by atoms with E-state index in [1.54, 1.807) is 24.8 Å². The first-order valence-electron chi connectivity index (χ1n) is 39.4. The van der Waals surface area contributed by atoms with Crippen molar-refractivity contribution in [3.63, 3.8) is 0 Å². The molecule has 0 saturated heterocycles. The van der Waals surface area contributed by atoms with Gasteiger partial charge in [0.25, 0.3) is 23.3 Å². The molecule has 115 heavy (non-hydrogen) atoms. The number of pyridine rings is 8. The van der Waals surface area contributed by atoms with Crippen LogP contribution in [0.1, 0.15) is 67.2 Å². The van der Waals surface area contributed by atoms with Crippen molar-refractivity contribution in [1.82, 2.24) is 19.9 Å². The highest BCUT2D eigenvalue weighted by atomic mass is 16.4. The number of anilines is 4. The van der Waals surface area contributed by atoms with Crippen molar-refractivity contribution in [2.75, 3.05) is 19.2 Å². The number of benzene rings is 4. The van der Waals surface area contributed by atoms with Gasteiger partial charge in [0, 0.05) is 122 Å². The first kappa shape index (κ1) is 74.4. The van der Waals surface area contributed by atoms with Crippen LogP contribution in [0.2, 0.25) is 27.3 Å². The van der Waals surface area contributed by atoms with E-state index in [1.807, 2.05) is 30.3 Å². The van der Waals surface area contributed by atoms with Gasteiger partial charge < -0.3 is 17.7 Å². The lowest BCUT2D eigenvalue weighted by molar-refractivity contribution is -0.658. The summed E-state index contributed by atoms with van der Waals surface area (Å²) >= 11 is 0. The Bertz CT molecular complexity index is 6570. The third-order valence-corrected chi connectivity index (χ3v) is 23.0. The lowest BCUT2D eigenvalue weighted by Gasteiger charge is -2.27. The summed E-state index contributed by atoms with van der Waals surface area (Å²) in [5.41, 5.74) is 26.8. The summed E-state index contributed by atoms with van der Waals surface area (Å²) in [4.78, 5) is 27.1. The number of allylic oxidation sites excluding steroid dienone is 4. The number of aromatic nitrogens is 8. The molecule has 0 bridgehead atoms. The monoisotopic (exact) mass is 1510 g/mol. The summed E-state index contributed by atoms with van der Waals surface area (Å²) in [5, 5.41) is 4.33. The fraction of sp³-hybridized carbons (Fsp3) is 0.158. The highest BCUT2D eigenvalue weighted by Crippen LogP contribution is 2.37. The average Bonchev–Trinajstić information content (AvgIpc) is 1.65. The highest BCUT2D eigenvalue weighted by Gasteiger charge is 2.45. The van der Waals surface area contributed by atoms with Crippen LogP contribution in [0.4, 0.5) is 23.3 Å². The highest BCUT2D eigenvalue weighted by molar-refractivity contribution is 6.81. The molecule has 16 heterocycles. The normalized spacial score (nSPS) is 13.6. The zero-order chi connectivity index (χ0) is 79.6. The first-order chi connectivity index (χ1) is 55.8. The van der Waals surface area contributed by atoms with Crippen molar-refractivity contribution in [1.29, 1.82) is 0 Å². The molecule has 0 unspecified atom stereocenters. The molecule has 4 aliphatic heterocycles. The SMILES string of the molecule is CB1c2c(oc3ncccc23)C=C(C)N1c1cc(-c2ccccc2)c(C)c[n+]1C.CB1c2c(oc3ncccc23)C=C(C)N1c1cc(-c2ccccc2)cc[n+]1C.CB1c2c(oc3ncccc23)C=C(C)N1c1cc(C)c(-c2ccccc2)c[n+]1C.CB1c2oc3ncccc3c2C=C(C)N1c1cc(C)c(-c2ccccc2)c[n+]1C. The molecule has 0 spiro atoms. The van der Waals surface area contributed by atoms with Crippen LogP contribution in [0.25, 0.3) is 113 Å². The van der Waals surface area contributed by atoms with Crippen LogP contribution in [0.5, 0.6) is 0 Å². The summed E-state index contributed by atoms with van der Waals surface area (Å²) in [7, 11) is 8.43. The van der Waals surface area contributed by atoms with Gasteiger partial charge in [-0.2, -0.15) is 0 Å². The van der Waals surface area contributed by atoms with Gasteiger partial charge in [-0.1, -0.05) is 121 Å². The van der Waals surface area contributed by atoms with Crippen LogP contribution < -0.4 is 59.6 Å². The minimum Gasteiger partial charge on any atom is -0.447 e. The largest absolute Gasteiger partial charge is 0.447 e. The van der Waals surface area contributed by atoms with Crippen LogP contribution in [0.15, 0.2) is 290 Å². The molecule has 16 nitrogen and oxygen atoms in total. The van der Waals surface area contributed by atoms with Crippen molar-refractivity contribution in [2.45, 2.75) is 75.8 Å².